The molecule has 6 heteroatoms. The molecule has 0 spiro atoms. The zero-order chi connectivity index (χ0) is 19.6. The summed E-state index contributed by atoms with van der Waals surface area (Å²) in [6.45, 7) is 4.29. The van der Waals surface area contributed by atoms with Crippen LogP contribution in [-0.4, -0.2) is 35.9 Å². The lowest BCUT2D eigenvalue weighted by Gasteiger charge is -2.28. The number of carbonyl (C=O) groups excluding carboxylic acids is 2. The van der Waals surface area contributed by atoms with Gasteiger partial charge in [-0.15, -0.1) is 0 Å². The number of nitrogens with one attached hydrogen (secondary N) is 1. The van der Waals surface area contributed by atoms with E-state index in [0.717, 1.165) is 12.0 Å². The molecule has 2 amide bonds. The molecule has 0 bridgehead atoms. The maximum absolute atomic E-state index is 13.0. The molecule has 0 fully saturated rings. The highest BCUT2D eigenvalue weighted by Gasteiger charge is 2.26. The first-order valence-corrected chi connectivity index (χ1v) is 9.00. The number of benzene rings is 2. The van der Waals surface area contributed by atoms with E-state index in [0.29, 0.717) is 18.8 Å². The van der Waals surface area contributed by atoms with Gasteiger partial charge in [-0.1, -0.05) is 37.3 Å². The Morgan fingerprint density at radius 3 is 2.41 bits per heavy atom. The summed E-state index contributed by atoms with van der Waals surface area (Å²) in [6.07, 6.45) is 0.818. The van der Waals surface area contributed by atoms with Gasteiger partial charge in [0.15, 0.2) is 6.61 Å². The minimum atomic E-state index is -0.638. The van der Waals surface area contributed by atoms with Gasteiger partial charge in [0.25, 0.3) is 5.91 Å². The zero-order valence-electron chi connectivity index (χ0n) is 15.7. The third-order valence-corrected chi connectivity index (χ3v) is 4.09. The SMILES string of the molecule is CCCNC(=O)[C@H](C)N(Cc1ccccc1)C(=O)COc1ccc(F)cc1. The van der Waals surface area contributed by atoms with Crippen LogP contribution >= 0.6 is 0 Å². The van der Waals surface area contributed by atoms with Crippen molar-refractivity contribution in [3.8, 4) is 5.75 Å². The van der Waals surface area contributed by atoms with E-state index in [1.54, 1.807) is 6.92 Å². The van der Waals surface area contributed by atoms with Gasteiger partial charge >= 0.3 is 0 Å². The number of rotatable bonds is 9. The minimum Gasteiger partial charge on any atom is -0.484 e. The van der Waals surface area contributed by atoms with Gasteiger partial charge in [-0.05, 0) is 43.2 Å². The van der Waals surface area contributed by atoms with Crippen molar-refractivity contribution in [2.75, 3.05) is 13.2 Å². The van der Waals surface area contributed by atoms with Crippen LogP contribution in [0.3, 0.4) is 0 Å². The standard InChI is InChI=1S/C21H25FN2O3/c1-3-13-23-21(26)16(2)24(14-17-7-5-4-6-8-17)20(25)15-27-19-11-9-18(22)10-12-19/h4-12,16H,3,13-15H2,1-2H3,(H,23,26)/t16-/m0/s1. The Bertz CT molecular complexity index is 735. The maximum atomic E-state index is 13.0. The number of hydrogen-bond acceptors (Lipinski definition) is 3. The third kappa shape index (κ3) is 6.40. The van der Waals surface area contributed by atoms with Crippen molar-refractivity contribution in [1.82, 2.24) is 10.2 Å². The fourth-order valence-electron chi connectivity index (χ4n) is 2.52. The molecule has 1 N–H and O–H groups in total. The molecule has 0 unspecified atom stereocenters. The largest absolute Gasteiger partial charge is 0.484 e. The Kier molecular flexibility index (Phi) is 7.79. The van der Waals surface area contributed by atoms with Gasteiger partial charge in [0, 0.05) is 13.1 Å². The average Bonchev–Trinajstić information content (AvgIpc) is 2.69. The second-order valence-corrected chi connectivity index (χ2v) is 6.22. The van der Waals surface area contributed by atoms with Crippen LogP contribution in [0.2, 0.25) is 0 Å². The van der Waals surface area contributed by atoms with Gasteiger partial charge < -0.3 is 15.0 Å². The average molecular weight is 372 g/mol. The van der Waals surface area contributed by atoms with Crippen molar-refractivity contribution in [1.29, 1.82) is 0 Å². The number of carbonyl (C=O) groups is 2. The van der Waals surface area contributed by atoms with Crippen LogP contribution in [-0.2, 0) is 16.1 Å². The number of ether oxygens (including phenoxy) is 1. The molecule has 0 saturated heterocycles. The topological polar surface area (TPSA) is 58.6 Å². The summed E-state index contributed by atoms with van der Waals surface area (Å²) in [5.74, 6) is -0.502. The molecule has 5 nitrogen and oxygen atoms in total. The molecule has 27 heavy (non-hydrogen) atoms. The molecule has 0 aromatic heterocycles. The van der Waals surface area contributed by atoms with Gasteiger partial charge in [0.1, 0.15) is 17.6 Å². The predicted octanol–water partition coefficient (Wildman–Crippen LogP) is 3.15. The molecule has 2 aromatic rings. The minimum absolute atomic E-state index is 0.206. The van der Waals surface area contributed by atoms with E-state index >= 15 is 0 Å². The van der Waals surface area contributed by atoms with Crippen LogP contribution in [0.4, 0.5) is 4.39 Å². The van der Waals surface area contributed by atoms with Crippen molar-refractivity contribution in [2.45, 2.75) is 32.9 Å². The quantitative estimate of drug-likeness (QED) is 0.736. The molecule has 0 aliphatic rings. The van der Waals surface area contributed by atoms with Crippen LogP contribution < -0.4 is 10.1 Å². The van der Waals surface area contributed by atoms with Crippen molar-refractivity contribution >= 4 is 11.8 Å². The summed E-state index contributed by atoms with van der Waals surface area (Å²) < 4.78 is 18.4. The molecule has 0 aliphatic carbocycles. The molecule has 2 aromatic carbocycles. The van der Waals surface area contributed by atoms with E-state index in [-0.39, 0.29) is 24.2 Å². The molecule has 0 heterocycles. The monoisotopic (exact) mass is 372 g/mol. The third-order valence-electron chi connectivity index (χ3n) is 4.09. The number of amides is 2. The number of hydrogen-bond donors (Lipinski definition) is 1. The maximum Gasteiger partial charge on any atom is 0.261 e. The lowest BCUT2D eigenvalue weighted by atomic mass is 10.1. The summed E-state index contributed by atoms with van der Waals surface area (Å²) in [7, 11) is 0. The molecular formula is C21H25FN2O3. The molecule has 2 rings (SSSR count). The van der Waals surface area contributed by atoms with Gasteiger partial charge in [-0.25, -0.2) is 4.39 Å². The second kappa shape index (κ2) is 10.3. The Balaban J connectivity index is 2.08. The number of nitrogens with zero attached hydrogens (tertiary/aromatic N) is 1. The van der Waals surface area contributed by atoms with Crippen LogP contribution in [0.1, 0.15) is 25.8 Å². The van der Waals surface area contributed by atoms with E-state index in [4.69, 9.17) is 4.74 Å². The van der Waals surface area contributed by atoms with E-state index in [1.165, 1.54) is 29.2 Å². The summed E-state index contributed by atoms with van der Waals surface area (Å²) in [5, 5.41) is 2.82. The zero-order valence-corrected chi connectivity index (χ0v) is 15.7. The number of halogens is 1. The normalized spacial score (nSPS) is 11.5. The van der Waals surface area contributed by atoms with Crippen molar-refractivity contribution in [3.63, 3.8) is 0 Å². The molecule has 0 saturated carbocycles. The molecule has 0 aliphatic heterocycles. The fraction of sp³-hybridized carbons (Fsp3) is 0.333. The summed E-state index contributed by atoms with van der Waals surface area (Å²) in [5.41, 5.74) is 0.919. The van der Waals surface area contributed by atoms with Crippen molar-refractivity contribution < 1.29 is 18.7 Å². The van der Waals surface area contributed by atoms with Gasteiger partial charge in [-0.3, -0.25) is 9.59 Å². The van der Waals surface area contributed by atoms with E-state index in [2.05, 4.69) is 5.32 Å². The van der Waals surface area contributed by atoms with Crippen molar-refractivity contribution in [2.24, 2.45) is 0 Å². The Hall–Kier alpha value is -2.89. The van der Waals surface area contributed by atoms with Crippen molar-refractivity contribution in [3.05, 3.63) is 66.0 Å². The summed E-state index contributed by atoms with van der Waals surface area (Å²) >= 11 is 0. The highest BCUT2D eigenvalue weighted by Crippen LogP contribution is 2.13. The summed E-state index contributed by atoms with van der Waals surface area (Å²) in [6, 6.07) is 14.3. The molecule has 144 valence electrons. The predicted molar refractivity (Wildman–Crippen MR) is 102 cm³/mol. The molecule has 1 atom stereocenters. The smallest absolute Gasteiger partial charge is 0.261 e. The van der Waals surface area contributed by atoms with Crippen LogP contribution in [0.5, 0.6) is 5.75 Å². The summed E-state index contributed by atoms with van der Waals surface area (Å²) in [4.78, 5) is 26.6. The Morgan fingerprint density at radius 1 is 1.11 bits per heavy atom. The first-order chi connectivity index (χ1) is 13.0. The fourth-order valence-corrected chi connectivity index (χ4v) is 2.52. The molecule has 0 radical (unpaired) electrons. The van der Waals surface area contributed by atoms with E-state index in [9.17, 15) is 14.0 Å². The van der Waals surface area contributed by atoms with E-state index < -0.39 is 6.04 Å². The van der Waals surface area contributed by atoms with Crippen LogP contribution in [0.25, 0.3) is 0 Å². The highest BCUT2D eigenvalue weighted by molar-refractivity contribution is 5.87. The van der Waals surface area contributed by atoms with Gasteiger partial charge in [-0.2, -0.15) is 0 Å². The van der Waals surface area contributed by atoms with Gasteiger partial charge in [0.2, 0.25) is 5.91 Å². The van der Waals surface area contributed by atoms with Crippen LogP contribution in [0.15, 0.2) is 54.6 Å². The van der Waals surface area contributed by atoms with Crippen LogP contribution in [0, 0.1) is 5.82 Å². The van der Waals surface area contributed by atoms with Gasteiger partial charge in [0.05, 0.1) is 0 Å². The molecular weight excluding hydrogens is 347 g/mol. The highest BCUT2D eigenvalue weighted by atomic mass is 19.1. The lowest BCUT2D eigenvalue weighted by Crippen LogP contribution is -2.49. The second-order valence-electron chi connectivity index (χ2n) is 6.22. The Labute approximate surface area is 159 Å². The first-order valence-electron chi connectivity index (χ1n) is 9.00. The van der Waals surface area contributed by atoms with E-state index in [1.807, 2.05) is 37.3 Å². The first kappa shape index (κ1) is 20.4. The Morgan fingerprint density at radius 2 is 1.78 bits per heavy atom. The lowest BCUT2D eigenvalue weighted by molar-refractivity contribution is -0.142.